The zero-order valence-electron chi connectivity index (χ0n) is 15.5. The third-order valence-corrected chi connectivity index (χ3v) is 4.76. The van der Waals surface area contributed by atoms with Crippen LogP contribution >= 0.6 is 11.9 Å². The van der Waals surface area contributed by atoms with Crippen LogP contribution in [0.15, 0.2) is 64.6 Å². The summed E-state index contributed by atoms with van der Waals surface area (Å²) in [5.41, 5.74) is 3.95. The molecule has 134 valence electrons. The van der Waals surface area contributed by atoms with Crippen LogP contribution in [0.2, 0.25) is 0 Å². The van der Waals surface area contributed by atoms with Crippen molar-refractivity contribution in [2.75, 3.05) is 13.1 Å². The van der Waals surface area contributed by atoms with E-state index < -0.39 is 0 Å². The van der Waals surface area contributed by atoms with Crippen molar-refractivity contribution in [1.29, 1.82) is 0 Å². The molecule has 0 aromatic heterocycles. The van der Waals surface area contributed by atoms with Gasteiger partial charge in [-0.15, -0.1) is 0 Å². The average molecular weight is 356 g/mol. The summed E-state index contributed by atoms with van der Waals surface area (Å²) in [5, 5.41) is 4.55. The molecule has 1 heterocycles. The quantitative estimate of drug-likeness (QED) is 0.585. The van der Waals surface area contributed by atoms with Crippen molar-refractivity contribution in [3.8, 4) is 0 Å². The molecule has 0 radical (unpaired) electrons. The predicted octanol–water partition coefficient (Wildman–Crippen LogP) is 5.27. The Morgan fingerprint density at radius 2 is 1.60 bits per heavy atom. The Balaban J connectivity index is 0.00000109. The first-order chi connectivity index (χ1) is 12.3. The molecule has 2 aromatic rings. The largest absolute Gasteiger partial charge is 0.298 e. The van der Waals surface area contributed by atoms with E-state index in [1.54, 1.807) is 11.9 Å². The fourth-order valence-electron chi connectivity index (χ4n) is 2.67. The van der Waals surface area contributed by atoms with Gasteiger partial charge in [-0.25, -0.2) is 4.83 Å². The van der Waals surface area contributed by atoms with E-state index in [9.17, 15) is 0 Å². The van der Waals surface area contributed by atoms with E-state index in [2.05, 4.69) is 76.4 Å². The van der Waals surface area contributed by atoms with Crippen molar-refractivity contribution in [3.63, 3.8) is 0 Å². The topological polar surface area (TPSA) is 27.6 Å². The third-order valence-electron chi connectivity index (χ3n) is 4.07. The van der Waals surface area contributed by atoms with Crippen LogP contribution in [-0.2, 0) is 6.54 Å². The Kier molecular flexibility index (Phi) is 8.56. The van der Waals surface area contributed by atoms with E-state index >= 15 is 0 Å². The Hall–Kier alpha value is -1.78. The number of hydrogen-bond acceptors (Lipinski definition) is 4. The summed E-state index contributed by atoms with van der Waals surface area (Å²) in [6.07, 6.45) is 2.10. The van der Waals surface area contributed by atoms with Crippen LogP contribution in [-0.4, -0.2) is 23.7 Å². The zero-order valence-corrected chi connectivity index (χ0v) is 16.4. The van der Waals surface area contributed by atoms with Crippen molar-refractivity contribution in [3.05, 3.63) is 65.7 Å². The van der Waals surface area contributed by atoms with Crippen LogP contribution < -0.4 is 4.83 Å². The maximum Gasteiger partial charge on any atom is 0.0414 e. The van der Waals surface area contributed by atoms with Gasteiger partial charge in [-0.1, -0.05) is 61.9 Å². The second kappa shape index (κ2) is 11.0. The maximum absolute atomic E-state index is 4.55. The van der Waals surface area contributed by atoms with Crippen LogP contribution in [0.4, 0.5) is 0 Å². The number of benzene rings is 2. The van der Waals surface area contributed by atoms with Gasteiger partial charge in [-0.3, -0.25) is 4.90 Å². The van der Waals surface area contributed by atoms with Crippen LogP contribution in [0.25, 0.3) is 0 Å². The maximum atomic E-state index is 4.55. The highest BCUT2D eigenvalue weighted by atomic mass is 32.2. The summed E-state index contributed by atoms with van der Waals surface area (Å²) >= 11 is 1.58. The molecule has 0 saturated carbocycles. The lowest BCUT2D eigenvalue weighted by molar-refractivity contribution is 0.266. The first-order valence-corrected chi connectivity index (χ1v) is 9.91. The van der Waals surface area contributed by atoms with E-state index in [-0.39, 0.29) is 0 Å². The van der Waals surface area contributed by atoms with Crippen molar-refractivity contribution in [1.82, 2.24) is 9.73 Å². The van der Waals surface area contributed by atoms with Crippen LogP contribution in [0.3, 0.4) is 0 Å². The standard InChI is InChI=1S/C19H23N3S.C2H6/c1-16-7-9-19(10-8-16)23-21-20-18-11-13-22(14-12-18)15-17-5-3-2-4-6-17;1-2/h2-10,21H,11-15H2,1H3;1-2H3. The van der Waals surface area contributed by atoms with Gasteiger partial charge in [0.25, 0.3) is 0 Å². The molecule has 3 nitrogen and oxygen atoms in total. The van der Waals surface area contributed by atoms with Crippen molar-refractivity contribution < 1.29 is 0 Å². The van der Waals surface area contributed by atoms with Crippen molar-refractivity contribution >= 4 is 17.7 Å². The molecular weight excluding hydrogens is 326 g/mol. The molecule has 3 rings (SSSR count). The second-order valence-corrected chi connectivity index (χ2v) is 6.80. The third kappa shape index (κ3) is 6.92. The number of hydrogen-bond donors (Lipinski definition) is 1. The molecule has 0 aliphatic carbocycles. The normalized spacial score (nSPS) is 14.4. The number of nitrogens with one attached hydrogen (secondary N) is 1. The highest BCUT2D eigenvalue weighted by molar-refractivity contribution is 7.97. The van der Waals surface area contributed by atoms with E-state index in [1.807, 2.05) is 13.8 Å². The first kappa shape index (κ1) is 19.5. The molecule has 2 aromatic carbocycles. The molecule has 4 heteroatoms. The van der Waals surface area contributed by atoms with E-state index in [4.69, 9.17) is 0 Å². The highest BCUT2D eigenvalue weighted by Gasteiger charge is 2.15. The lowest BCUT2D eigenvalue weighted by Gasteiger charge is -2.27. The Labute approximate surface area is 156 Å². The number of piperidine rings is 1. The molecule has 1 saturated heterocycles. The first-order valence-electron chi connectivity index (χ1n) is 9.10. The van der Waals surface area contributed by atoms with Crippen LogP contribution in [0.1, 0.15) is 37.8 Å². The minimum absolute atomic E-state index is 1.04. The molecule has 0 atom stereocenters. The van der Waals surface area contributed by atoms with Gasteiger partial charge < -0.3 is 0 Å². The average Bonchev–Trinajstić information content (AvgIpc) is 2.67. The molecule has 1 aliphatic rings. The van der Waals surface area contributed by atoms with E-state index in [0.717, 1.165) is 32.5 Å². The van der Waals surface area contributed by atoms with Gasteiger partial charge in [0.1, 0.15) is 0 Å². The number of likely N-dealkylation sites (tertiary alicyclic amines) is 1. The van der Waals surface area contributed by atoms with Gasteiger partial charge >= 0.3 is 0 Å². The summed E-state index contributed by atoms with van der Waals surface area (Å²) in [6.45, 7) is 9.32. The van der Waals surface area contributed by atoms with Crippen LogP contribution in [0, 0.1) is 6.92 Å². The van der Waals surface area contributed by atoms with Gasteiger partial charge in [-0.05, 0) is 24.6 Å². The summed E-state index contributed by atoms with van der Waals surface area (Å²) in [4.78, 5) is 6.84. The molecule has 1 aliphatic heterocycles. The molecule has 0 unspecified atom stereocenters. The lowest BCUT2D eigenvalue weighted by atomic mass is 10.1. The fourth-order valence-corrected chi connectivity index (χ4v) is 3.22. The second-order valence-electron chi connectivity index (χ2n) is 5.95. The molecule has 0 spiro atoms. The molecule has 1 fully saturated rings. The number of aryl methyl sites for hydroxylation is 1. The highest BCUT2D eigenvalue weighted by Crippen LogP contribution is 2.16. The summed E-state index contributed by atoms with van der Waals surface area (Å²) in [5.74, 6) is 0. The SMILES string of the molecule is CC.Cc1ccc(SNN=C2CCN(Cc3ccccc3)CC2)cc1. The Morgan fingerprint density at radius 3 is 2.24 bits per heavy atom. The van der Waals surface area contributed by atoms with Gasteiger partial charge in [-0.2, -0.15) is 5.10 Å². The Bertz CT molecular complexity index is 628. The summed E-state index contributed by atoms with van der Waals surface area (Å²) < 4.78 is 0. The van der Waals surface area contributed by atoms with Crippen molar-refractivity contribution in [2.24, 2.45) is 5.10 Å². The predicted molar refractivity (Wildman–Crippen MR) is 110 cm³/mol. The fraction of sp³-hybridized carbons (Fsp3) is 0.381. The molecule has 25 heavy (non-hydrogen) atoms. The monoisotopic (exact) mass is 355 g/mol. The lowest BCUT2D eigenvalue weighted by Crippen LogP contribution is -2.33. The van der Waals surface area contributed by atoms with Crippen molar-refractivity contribution in [2.45, 2.75) is 45.1 Å². The summed E-state index contributed by atoms with van der Waals surface area (Å²) in [7, 11) is 0. The molecule has 0 amide bonds. The smallest absolute Gasteiger partial charge is 0.0414 e. The van der Waals surface area contributed by atoms with E-state index in [0.29, 0.717) is 0 Å². The number of rotatable bonds is 5. The van der Waals surface area contributed by atoms with E-state index in [1.165, 1.54) is 21.7 Å². The Morgan fingerprint density at radius 1 is 0.960 bits per heavy atom. The number of nitrogens with zero attached hydrogens (tertiary/aromatic N) is 2. The zero-order chi connectivity index (χ0) is 17.9. The molecular formula is C21H29N3S. The molecule has 0 bridgehead atoms. The van der Waals surface area contributed by atoms with Gasteiger partial charge in [0, 0.05) is 55.0 Å². The summed E-state index contributed by atoms with van der Waals surface area (Å²) in [6, 6.07) is 19.2. The van der Waals surface area contributed by atoms with Gasteiger partial charge in [0.2, 0.25) is 0 Å². The van der Waals surface area contributed by atoms with Gasteiger partial charge in [0.05, 0.1) is 0 Å². The molecule has 1 N–H and O–H groups in total. The minimum Gasteiger partial charge on any atom is -0.298 e. The minimum atomic E-state index is 1.04. The van der Waals surface area contributed by atoms with Crippen LogP contribution in [0.5, 0.6) is 0 Å². The number of hydrazone groups is 1. The van der Waals surface area contributed by atoms with Gasteiger partial charge in [0.15, 0.2) is 0 Å².